The van der Waals surface area contributed by atoms with Crippen LogP contribution in [0.4, 0.5) is 4.79 Å². The van der Waals surface area contributed by atoms with Crippen molar-refractivity contribution in [1.82, 2.24) is 15.5 Å². The van der Waals surface area contributed by atoms with E-state index in [-0.39, 0.29) is 24.8 Å². The van der Waals surface area contributed by atoms with Crippen molar-refractivity contribution >= 4 is 29.5 Å². The van der Waals surface area contributed by atoms with E-state index in [9.17, 15) is 14.4 Å². The summed E-state index contributed by atoms with van der Waals surface area (Å²) in [7, 11) is 0. The van der Waals surface area contributed by atoms with Crippen molar-refractivity contribution < 1.29 is 19.1 Å². The number of ether oxygens (including phenoxy) is 1. The number of likely N-dealkylation sites (tertiary alicyclic amines) is 1. The zero-order chi connectivity index (χ0) is 22.9. The zero-order valence-electron chi connectivity index (χ0n) is 18.7. The Morgan fingerprint density at radius 3 is 2.32 bits per heavy atom. The van der Waals surface area contributed by atoms with Crippen LogP contribution in [0, 0.1) is 5.92 Å². The second kappa shape index (κ2) is 11.9. The van der Waals surface area contributed by atoms with Gasteiger partial charge in [0.25, 0.3) is 0 Å². The van der Waals surface area contributed by atoms with E-state index in [2.05, 4.69) is 10.6 Å². The van der Waals surface area contributed by atoms with Crippen molar-refractivity contribution in [2.24, 2.45) is 5.92 Å². The van der Waals surface area contributed by atoms with Crippen LogP contribution in [0.25, 0.3) is 0 Å². The van der Waals surface area contributed by atoms with Gasteiger partial charge in [0.2, 0.25) is 11.8 Å². The third kappa shape index (κ3) is 10.0. The third-order valence-corrected chi connectivity index (χ3v) is 5.37. The number of aryl methyl sites for hydroxylation is 1. The van der Waals surface area contributed by atoms with Gasteiger partial charge in [-0.1, -0.05) is 23.7 Å². The molecule has 0 aromatic heterocycles. The SMILES string of the molecule is CC(C)(C)OC(=O)NCCC(=O)N1CCC(CNC(=O)CCc2ccc(Cl)cc2)CC1. The number of benzene rings is 1. The molecule has 0 unspecified atom stereocenters. The summed E-state index contributed by atoms with van der Waals surface area (Å²) in [6, 6.07) is 7.53. The Labute approximate surface area is 189 Å². The van der Waals surface area contributed by atoms with Crippen molar-refractivity contribution in [1.29, 1.82) is 0 Å². The molecular formula is C23H34ClN3O4. The highest BCUT2D eigenvalue weighted by Crippen LogP contribution is 2.17. The van der Waals surface area contributed by atoms with Gasteiger partial charge < -0.3 is 20.3 Å². The van der Waals surface area contributed by atoms with E-state index in [4.69, 9.17) is 16.3 Å². The molecule has 0 spiro atoms. The maximum absolute atomic E-state index is 12.3. The molecule has 8 heteroatoms. The Morgan fingerprint density at radius 1 is 1.06 bits per heavy atom. The highest BCUT2D eigenvalue weighted by atomic mass is 35.5. The lowest BCUT2D eigenvalue weighted by atomic mass is 9.96. The van der Waals surface area contributed by atoms with Crippen molar-refractivity contribution in [2.75, 3.05) is 26.2 Å². The molecule has 0 radical (unpaired) electrons. The van der Waals surface area contributed by atoms with Gasteiger partial charge in [-0.15, -0.1) is 0 Å². The van der Waals surface area contributed by atoms with Crippen molar-refractivity contribution in [3.63, 3.8) is 0 Å². The summed E-state index contributed by atoms with van der Waals surface area (Å²) in [5.74, 6) is 0.451. The van der Waals surface area contributed by atoms with Gasteiger partial charge in [0.1, 0.15) is 5.60 Å². The van der Waals surface area contributed by atoms with Gasteiger partial charge in [-0.05, 0) is 63.6 Å². The van der Waals surface area contributed by atoms with Crippen LogP contribution >= 0.6 is 11.6 Å². The van der Waals surface area contributed by atoms with Gasteiger partial charge in [0.05, 0.1) is 0 Å². The predicted molar refractivity (Wildman–Crippen MR) is 121 cm³/mol. The lowest BCUT2D eigenvalue weighted by Crippen LogP contribution is -2.42. The van der Waals surface area contributed by atoms with E-state index >= 15 is 0 Å². The molecule has 172 valence electrons. The average Bonchev–Trinajstić information content (AvgIpc) is 2.71. The van der Waals surface area contributed by atoms with Gasteiger partial charge in [0, 0.05) is 44.0 Å². The Hall–Kier alpha value is -2.28. The quantitative estimate of drug-likeness (QED) is 0.632. The van der Waals surface area contributed by atoms with E-state index in [1.54, 1.807) is 20.8 Å². The third-order valence-electron chi connectivity index (χ3n) is 5.12. The lowest BCUT2D eigenvalue weighted by Gasteiger charge is -2.32. The van der Waals surface area contributed by atoms with Crippen LogP contribution in [0.3, 0.4) is 0 Å². The number of alkyl carbamates (subject to hydrolysis) is 1. The Balaban J connectivity index is 1.58. The number of carbonyl (C=O) groups is 3. The number of carbonyl (C=O) groups excluding carboxylic acids is 3. The molecule has 0 atom stereocenters. The maximum Gasteiger partial charge on any atom is 0.407 e. The number of amides is 3. The Kier molecular flexibility index (Phi) is 9.62. The second-order valence-electron chi connectivity index (χ2n) is 8.93. The number of piperidine rings is 1. The number of hydrogen-bond donors (Lipinski definition) is 2. The zero-order valence-corrected chi connectivity index (χ0v) is 19.5. The molecule has 0 aliphatic carbocycles. The molecule has 3 amide bonds. The molecule has 1 aromatic carbocycles. The number of hydrogen-bond acceptors (Lipinski definition) is 4. The Morgan fingerprint density at radius 2 is 1.71 bits per heavy atom. The monoisotopic (exact) mass is 451 g/mol. The normalized spacial score (nSPS) is 14.8. The fourth-order valence-electron chi connectivity index (χ4n) is 3.39. The first kappa shape index (κ1) is 25.0. The van der Waals surface area contributed by atoms with Crippen molar-refractivity contribution in [3.8, 4) is 0 Å². The first-order valence-electron chi connectivity index (χ1n) is 10.9. The lowest BCUT2D eigenvalue weighted by molar-refractivity contribution is -0.132. The van der Waals surface area contributed by atoms with Crippen molar-refractivity contribution in [3.05, 3.63) is 34.9 Å². The number of nitrogens with one attached hydrogen (secondary N) is 2. The molecule has 1 fully saturated rings. The first-order valence-corrected chi connectivity index (χ1v) is 11.3. The van der Waals surface area contributed by atoms with E-state index in [1.165, 1.54) is 0 Å². The van der Waals surface area contributed by atoms with Crippen LogP contribution in [-0.4, -0.2) is 54.6 Å². The molecule has 2 rings (SSSR count). The molecule has 1 saturated heterocycles. The van der Waals surface area contributed by atoms with Crippen LogP contribution in [0.1, 0.15) is 52.0 Å². The molecular weight excluding hydrogens is 418 g/mol. The minimum Gasteiger partial charge on any atom is -0.444 e. The van der Waals surface area contributed by atoms with Crippen molar-refractivity contribution in [2.45, 2.75) is 58.5 Å². The number of rotatable bonds is 8. The van der Waals surface area contributed by atoms with Gasteiger partial charge in [0.15, 0.2) is 0 Å². The molecule has 1 aromatic rings. The smallest absolute Gasteiger partial charge is 0.407 e. The second-order valence-corrected chi connectivity index (χ2v) is 9.37. The highest BCUT2D eigenvalue weighted by Gasteiger charge is 2.23. The van der Waals surface area contributed by atoms with Crippen LogP contribution in [0.5, 0.6) is 0 Å². The summed E-state index contributed by atoms with van der Waals surface area (Å²) in [6.45, 7) is 7.64. The van der Waals surface area contributed by atoms with Gasteiger partial charge in [-0.25, -0.2) is 4.79 Å². The average molecular weight is 452 g/mol. The Bertz CT molecular complexity index is 738. The molecule has 1 aliphatic rings. The summed E-state index contributed by atoms with van der Waals surface area (Å²) >= 11 is 5.87. The van der Waals surface area contributed by atoms with E-state index in [0.717, 1.165) is 18.4 Å². The largest absolute Gasteiger partial charge is 0.444 e. The highest BCUT2D eigenvalue weighted by molar-refractivity contribution is 6.30. The first-order chi connectivity index (χ1) is 14.6. The number of halogens is 1. The minimum absolute atomic E-state index is 0.0292. The summed E-state index contributed by atoms with van der Waals surface area (Å²) in [5, 5.41) is 6.32. The molecule has 7 nitrogen and oxygen atoms in total. The molecule has 31 heavy (non-hydrogen) atoms. The summed E-state index contributed by atoms with van der Waals surface area (Å²) in [6.07, 6.45) is 2.61. The van der Waals surface area contributed by atoms with Crippen LogP contribution in [0.2, 0.25) is 5.02 Å². The van der Waals surface area contributed by atoms with Crippen LogP contribution in [-0.2, 0) is 20.7 Å². The fraction of sp³-hybridized carbons (Fsp3) is 0.609. The molecule has 2 N–H and O–H groups in total. The maximum atomic E-state index is 12.3. The number of nitrogens with zero attached hydrogens (tertiary/aromatic N) is 1. The molecule has 0 saturated carbocycles. The molecule has 1 heterocycles. The topological polar surface area (TPSA) is 87.7 Å². The summed E-state index contributed by atoms with van der Waals surface area (Å²) < 4.78 is 5.16. The minimum atomic E-state index is -0.554. The van der Waals surface area contributed by atoms with E-state index in [0.29, 0.717) is 43.4 Å². The molecule has 1 aliphatic heterocycles. The summed E-state index contributed by atoms with van der Waals surface area (Å²) in [4.78, 5) is 37.9. The van der Waals surface area contributed by atoms with Crippen LogP contribution in [0.15, 0.2) is 24.3 Å². The van der Waals surface area contributed by atoms with Gasteiger partial charge in [-0.2, -0.15) is 0 Å². The summed E-state index contributed by atoms with van der Waals surface area (Å²) in [5.41, 5.74) is 0.536. The molecule has 0 bridgehead atoms. The van der Waals surface area contributed by atoms with Gasteiger partial charge >= 0.3 is 6.09 Å². The standard InChI is InChI=1S/C23H34ClN3O4/c1-23(2,3)31-22(30)25-13-10-21(29)27-14-11-18(12-15-27)16-26-20(28)9-6-17-4-7-19(24)8-5-17/h4-5,7-8,18H,6,9-16H2,1-3H3,(H,25,30)(H,26,28). The van der Waals surface area contributed by atoms with E-state index < -0.39 is 11.7 Å². The predicted octanol–water partition coefficient (Wildman–Crippen LogP) is 3.54. The van der Waals surface area contributed by atoms with E-state index in [1.807, 2.05) is 29.2 Å². The van der Waals surface area contributed by atoms with Crippen LogP contribution < -0.4 is 10.6 Å². The van der Waals surface area contributed by atoms with Gasteiger partial charge in [-0.3, -0.25) is 9.59 Å². The fourth-order valence-corrected chi connectivity index (χ4v) is 3.51.